The average molecular weight is 683 g/mol. The third-order valence-corrected chi connectivity index (χ3v) is 13.0. The van der Waals surface area contributed by atoms with E-state index in [0.717, 1.165) is 32.1 Å². The van der Waals surface area contributed by atoms with Crippen LogP contribution in [-0.4, -0.2) is 89.8 Å². The lowest BCUT2D eigenvalue weighted by atomic mass is 9.45. The third-order valence-electron chi connectivity index (χ3n) is 13.0. The van der Waals surface area contributed by atoms with Crippen LogP contribution in [0.5, 0.6) is 11.5 Å². The summed E-state index contributed by atoms with van der Waals surface area (Å²) in [5, 5.41) is 34.5. The van der Waals surface area contributed by atoms with E-state index in [9.17, 15) is 24.9 Å². The molecule has 4 N–H and O–H groups in total. The molecule has 4 fully saturated rings. The third kappa shape index (κ3) is 6.75. The quantitative estimate of drug-likeness (QED) is 0.258. The molecule has 49 heavy (non-hydrogen) atoms. The first-order chi connectivity index (χ1) is 23.4. The van der Waals surface area contributed by atoms with Gasteiger partial charge >= 0.3 is 0 Å². The SMILES string of the molecule is COc1cc(CO)cc2c1OC1C2C(C(=O)NCCO)=CC(N(CC2CCC3CC2C3(C)C)C(=O)COC2CC(C)CCC2C(C)C)C1O. The van der Waals surface area contributed by atoms with Crippen molar-refractivity contribution in [3.8, 4) is 11.5 Å². The first kappa shape index (κ1) is 36.1. The van der Waals surface area contributed by atoms with Gasteiger partial charge in [0.05, 0.1) is 38.4 Å². The number of carbonyl (C=O) groups excluding carboxylic acids is 2. The number of amides is 2. The minimum Gasteiger partial charge on any atom is -0.493 e. The molecular weight excluding hydrogens is 624 g/mol. The highest BCUT2D eigenvalue weighted by atomic mass is 16.5. The fraction of sp³-hybridized carbons (Fsp3) is 0.744. The summed E-state index contributed by atoms with van der Waals surface area (Å²) in [5.74, 6) is 2.38. The number of nitrogens with zero attached hydrogens (tertiary/aromatic N) is 1. The summed E-state index contributed by atoms with van der Waals surface area (Å²) in [7, 11) is 1.51. The predicted octanol–water partition coefficient (Wildman–Crippen LogP) is 4.19. The summed E-state index contributed by atoms with van der Waals surface area (Å²) < 4.78 is 18.6. The van der Waals surface area contributed by atoms with Gasteiger partial charge in [-0.2, -0.15) is 0 Å². The lowest BCUT2D eigenvalue weighted by molar-refractivity contribution is -0.154. The van der Waals surface area contributed by atoms with Crippen LogP contribution in [0.1, 0.15) is 90.2 Å². The van der Waals surface area contributed by atoms with Crippen LogP contribution in [0.4, 0.5) is 0 Å². The zero-order valence-corrected chi connectivity index (χ0v) is 30.2. The van der Waals surface area contributed by atoms with Gasteiger partial charge in [0.25, 0.3) is 0 Å². The van der Waals surface area contributed by atoms with E-state index in [2.05, 4.69) is 39.9 Å². The van der Waals surface area contributed by atoms with Crippen molar-refractivity contribution in [3.05, 3.63) is 34.9 Å². The molecule has 1 heterocycles. The number of nitrogens with one attached hydrogen (secondary N) is 1. The second-order valence-electron chi connectivity index (χ2n) is 16.4. The Morgan fingerprint density at radius 1 is 1.12 bits per heavy atom. The van der Waals surface area contributed by atoms with E-state index in [1.54, 1.807) is 23.1 Å². The van der Waals surface area contributed by atoms with Crippen molar-refractivity contribution in [2.45, 2.75) is 110 Å². The van der Waals surface area contributed by atoms with Crippen molar-refractivity contribution in [2.75, 3.05) is 33.4 Å². The van der Waals surface area contributed by atoms with Gasteiger partial charge < -0.3 is 39.7 Å². The zero-order chi connectivity index (χ0) is 35.2. The van der Waals surface area contributed by atoms with Gasteiger partial charge in [-0.15, -0.1) is 0 Å². The molecule has 4 saturated carbocycles. The molecule has 0 spiro atoms. The lowest BCUT2D eigenvalue weighted by Crippen LogP contribution is -2.60. The van der Waals surface area contributed by atoms with Crippen LogP contribution in [0.15, 0.2) is 23.8 Å². The predicted molar refractivity (Wildman–Crippen MR) is 185 cm³/mol. The molecule has 272 valence electrons. The first-order valence-electron chi connectivity index (χ1n) is 18.6. The number of hydrogen-bond donors (Lipinski definition) is 4. The number of benzene rings is 1. The van der Waals surface area contributed by atoms with E-state index in [1.165, 1.54) is 13.5 Å². The van der Waals surface area contributed by atoms with Crippen LogP contribution in [0, 0.1) is 40.9 Å². The minimum atomic E-state index is -1.15. The molecule has 2 amide bonds. The summed E-state index contributed by atoms with van der Waals surface area (Å²) in [6.45, 7) is 11.3. The Morgan fingerprint density at radius 3 is 2.55 bits per heavy atom. The van der Waals surface area contributed by atoms with Crippen molar-refractivity contribution < 1.29 is 39.1 Å². The second-order valence-corrected chi connectivity index (χ2v) is 16.4. The molecule has 10 heteroatoms. The van der Waals surface area contributed by atoms with Crippen LogP contribution in [0.2, 0.25) is 0 Å². The van der Waals surface area contributed by atoms with Gasteiger partial charge in [-0.3, -0.25) is 9.59 Å². The molecule has 10 atom stereocenters. The van der Waals surface area contributed by atoms with Gasteiger partial charge in [0.2, 0.25) is 11.8 Å². The Kier molecular flexibility index (Phi) is 10.7. The van der Waals surface area contributed by atoms with E-state index in [4.69, 9.17) is 14.2 Å². The molecule has 5 aliphatic carbocycles. The maximum atomic E-state index is 14.5. The maximum Gasteiger partial charge on any atom is 0.249 e. The lowest BCUT2D eigenvalue weighted by Gasteiger charge is -2.61. The van der Waals surface area contributed by atoms with Crippen molar-refractivity contribution in [1.82, 2.24) is 10.2 Å². The monoisotopic (exact) mass is 682 g/mol. The van der Waals surface area contributed by atoms with Gasteiger partial charge in [0.15, 0.2) is 11.5 Å². The van der Waals surface area contributed by atoms with E-state index in [0.29, 0.717) is 64.3 Å². The van der Waals surface area contributed by atoms with Crippen LogP contribution < -0.4 is 14.8 Å². The topological polar surface area (TPSA) is 138 Å². The second kappa shape index (κ2) is 14.5. The molecular formula is C39H58N2O8. The van der Waals surface area contributed by atoms with Gasteiger partial charge in [0, 0.05) is 24.2 Å². The standard InChI is InChI=1S/C39H58N2O8/c1-21(2)26-10-7-22(3)13-31(26)48-20-33(44)41(18-24-8-9-25-16-29(24)39(25,4)5)30-17-28(38(46)40-11-12-42)34-27-14-23(19-43)15-32(47-6)36(27)49-37(34)35(30)45/h14-15,17,21-22,24-26,29-31,34-35,37,42-43,45H,7-13,16,18-20H2,1-6H3,(H,40,46). The van der Waals surface area contributed by atoms with Gasteiger partial charge in [-0.25, -0.2) is 0 Å². The molecule has 0 saturated heterocycles. The number of aliphatic hydroxyl groups is 3. The van der Waals surface area contributed by atoms with Crippen molar-refractivity contribution in [1.29, 1.82) is 0 Å². The molecule has 7 rings (SSSR count). The number of carbonyl (C=O) groups is 2. The van der Waals surface area contributed by atoms with Crippen LogP contribution >= 0.6 is 0 Å². The van der Waals surface area contributed by atoms with E-state index in [-0.39, 0.29) is 49.7 Å². The average Bonchev–Trinajstić information content (AvgIpc) is 3.48. The largest absolute Gasteiger partial charge is 0.493 e. The number of ether oxygens (including phenoxy) is 3. The number of fused-ring (bicyclic) bond motifs is 5. The Bertz CT molecular complexity index is 1410. The normalized spacial score (nSPS) is 34.2. The Labute approximate surface area is 291 Å². The van der Waals surface area contributed by atoms with Crippen LogP contribution in [-0.2, 0) is 20.9 Å². The van der Waals surface area contributed by atoms with Gasteiger partial charge in [-0.1, -0.05) is 41.0 Å². The number of rotatable bonds is 12. The van der Waals surface area contributed by atoms with E-state index in [1.807, 2.05) is 0 Å². The first-order valence-corrected chi connectivity index (χ1v) is 18.6. The molecule has 1 aliphatic heterocycles. The van der Waals surface area contributed by atoms with Gasteiger partial charge in [-0.05, 0) is 96.8 Å². The number of aliphatic hydroxyl groups excluding tert-OH is 3. The number of hydrogen-bond acceptors (Lipinski definition) is 8. The fourth-order valence-corrected chi connectivity index (χ4v) is 10.0. The summed E-state index contributed by atoms with van der Waals surface area (Å²) in [6, 6.07) is 2.64. The van der Waals surface area contributed by atoms with Crippen LogP contribution in [0.3, 0.4) is 0 Å². The summed E-state index contributed by atoms with van der Waals surface area (Å²) in [6.07, 6.45) is 6.17. The zero-order valence-electron chi connectivity index (χ0n) is 30.2. The highest BCUT2D eigenvalue weighted by Gasteiger charge is 2.56. The number of methoxy groups -OCH3 is 1. The molecule has 1 aromatic rings. The molecule has 6 aliphatic rings. The Balaban J connectivity index is 1.35. The van der Waals surface area contributed by atoms with Crippen molar-refractivity contribution in [2.24, 2.45) is 40.9 Å². The minimum absolute atomic E-state index is 0.00701. The summed E-state index contributed by atoms with van der Waals surface area (Å²) >= 11 is 0. The molecule has 2 bridgehead atoms. The van der Waals surface area contributed by atoms with Crippen molar-refractivity contribution >= 4 is 11.8 Å². The smallest absolute Gasteiger partial charge is 0.249 e. The van der Waals surface area contributed by atoms with E-state index >= 15 is 0 Å². The van der Waals surface area contributed by atoms with E-state index < -0.39 is 30.1 Å². The molecule has 0 aromatic heterocycles. The van der Waals surface area contributed by atoms with Gasteiger partial charge in [0.1, 0.15) is 18.8 Å². The maximum absolute atomic E-state index is 14.5. The van der Waals surface area contributed by atoms with Crippen molar-refractivity contribution in [3.63, 3.8) is 0 Å². The van der Waals surface area contributed by atoms with Crippen LogP contribution in [0.25, 0.3) is 0 Å². The Hall–Kier alpha value is -2.66. The highest BCUT2D eigenvalue weighted by molar-refractivity contribution is 5.96. The molecule has 1 aromatic carbocycles. The Morgan fingerprint density at radius 2 is 1.90 bits per heavy atom. The fourth-order valence-electron chi connectivity index (χ4n) is 10.0. The summed E-state index contributed by atoms with van der Waals surface area (Å²) in [5.41, 5.74) is 1.79. The highest BCUT2D eigenvalue weighted by Crippen LogP contribution is 2.61. The summed E-state index contributed by atoms with van der Waals surface area (Å²) in [4.78, 5) is 30.1. The molecule has 10 unspecified atom stereocenters. The molecule has 0 radical (unpaired) electrons. The molecule has 10 nitrogen and oxygen atoms in total.